The quantitative estimate of drug-likeness (QED) is 0.481. The van der Waals surface area contributed by atoms with Crippen LogP contribution in [0.25, 0.3) is 6.08 Å². The first-order chi connectivity index (χ1) is 12.0. The zero-order chi connectivity index (χ0) is 18.0. The smallest absolute Gasteiger partial charge is 0.313 e. The van der Waals surface area contributed by atoms with E-state index in [0.29, 0.717) is 22.8 Å². The number of hydrogen-bond acceptors (Lipinski definition) is 5. The molecule has 0 radical (unpaired) electrons. The van der Waals surface area contributed by atoms with E-state index in [1.54, 1.807) is 45.2 Å². The summed E-state index contributed by atoms with van der Waals surface area (Å²) in [5.74, 6) is 0.868. The molecule has 0 saturated heterocycles. The Hall–Kier alpha value is -3.08. The fourth-order valence-corrected chi connectivity index (χ4v) is 2.35. The van der Waals surface area contributed by atoms with E-state index >= 15 is 0 Å². The Morgan fingerprint density at radius 3 is 2.64 bits per heavy atom. The molecule has 0 unspecified atom stereocenters. The molecule has 0 spiro atoms. The third kappa shape index (κ3) is 3.55. The van der Waals surface area contributed by atoms with Gasteiger partial charge < -0.3 is 14.2 Å². The van der Waals surface area contributed by atoms with Crippen LogP contribution in [0.1, 0.15) is 29.8 Å². The van der Waals surface area contributed by atoms with Crippen molar-refractivity contribution < 1.29 is 23.8 Å². The van der Waals surface area contributed by atoms with Crippen LogP contribution in [0.5, 0.6) is 17.2 Å². The second-order valence-electron chi connectivity index (χ2n) is 5.95. The van der Waals surface area contributed by atoms with E-state index in [1.165, 1.54) is 0 Å². The summed E-state index contributed by atoms with van der Waals surface area (Å²) in [5, 5.41) is 0. The Morgan fingerprint density at radius 2 is 1.92 bits per heavy atom. The largest absolute Gasteiger partial charge is 0.497 e. The zero-order valence-electron chi connectivity index (χ0n) is 14.2. The lowest BCUT2D eigenvalue weighted by Gasteiger charge is -2.07. The Bertz CT molecular complexity index is 864. The first kappa shape index (κ1) is 16.8. The summed E-state index contributed by atoms with van der Waals surface area (Å²) in [6.45, 7) is 3.51. The number of hydrogen-bond donors (Lipinski definition) is 0. The SMILES string of the molecule is COc1cccc(C=C2Oc3cc(OC(=O)C(C)C)ccc3C2=O)c1. The second kappa shape index (κ2) is 6.81. The zero-order valence-corrected chi connectivity index (χ0v) is 14.2. The molecule has 5 heteroatoms. The maximum Gasteiger partial charge on any atom is 0.313 e. The molecule has 0 fully saturated rings. The highest BCUT2D eigenvalue weighted by atomic mass is 16.5. The highest BCUT2D eigenvalue weighted by molar-refractivity contribution is 6.14. The average Bonchev–Trinajstić information content (AvgIpc) is 2.90. The molecule has 0 bridgehead atoms. The molecule has 128 valence electrons. The van der Waals surface area contributed by atoms with Gasteiger partial charge in [-0.3, -0.25) is 9.59 Å². The van der Waals surface area contributed by atoms with E-state index in [-0.39, 0.29) is 23.4 Å². The van der Waals surface area contributed by atoms with Gasteiger partial charge in [0.2, 0.25) is 5.78 Å². The first-order valence-corrected chi connectivity index (χ1v) is 7.92. The number of ether oxygens (including phenoxy) is 3. The number of Topliss-reactive ketones (excluding diaryl/α,β-unsaturated/α-hetero) is 1. The molecule has 1 aliphatic rings. The number of allylic oxidation sites excluding steroid dienone is 1. The number of esters is 1. The predicted octanol–water partition coefficient (Wildman–Crippen LogP) is 3.87. The van der Waals surface area contributed by atoms with Crippen LogP contribution in [-0.2, 0) is 4.79 Å². The van der Waals surface area contributed by atoms with Gasteiger partial charge in [0.1, 0.15) is 17.2 Å². The molecule has 1 aliphatic heterocycles. The number of rotatable bonds is 4. The van der Waals surface area contributed by atoms with Gasteiger partial charge in [-0.25, -0.2) is 0 Å². The van der Waals surface area contributed by atoms with Crippen molar-refractivity contribution in [1.29, 1.82) is 0 Å². The topological polar surface area (TPSA) is 61.8 Å². The molecular formula is C20H18O5. The Morgan fingerprint density at radius 1 is 1.12 bits per heavy atom. The minimum Gasteiger partial charge on any atom is -0.497 e. The van der Waals surface area contributed by atoms with E-state index < -0.39 is 0 Å². The Kier molecular flexibility index (Phi) is 4.57. The molecule has 3 rings (SSSR count). The summed E-state index contributed by atoms with van der Waals surface area (Å²) in [5.41, 5.74) is 1.24. The van der Waals surface area contributed by atoms with Gasteiger partial charge in [-0.2, -0.15) is 0 Å². The van der Waals surface area contributed by atoms with Crippen molar-refractivity contribution in [3.8, 4) is 17.2 Å². The van der Waals surface area contributed by atoms with Crippen molar-refractivity contribution in [2.24, 2.45) is 5.92 Å². The number of ketones is 1. The number of carbonyl (C=O) groups is 2. The number of methoxy groups -OCH3 is 1. The molecule has 0 amide bonds. The van der Waals surface area contributed by atoms with Crippen molar-refractivity contribution in [2.75, 3.05) is 7.11 Å². The minimum absolute atomic E-state index is 0.209. The van der Waals surface area contributed by atoms with Crippen LogP contribution >= 0.6 is 0 Å². The summed E-state index contributed by atoms with van der Waals surface area (Å²) in [6, 6.07) is 12.1. The van der Waals surface area contributed by atoms with Gasteiger partial charge >= 0.3 is 5.97 Å². The van der Waals surface area contributed by atoms with Crippen LogP contribution in [0.15, 0.2) is 48.2 Å². The summed E-state index contributed by atoms with van der Waals surface area (Å²) >= 11 is 0. The summed E-state index contributed by atoms with van der Waals surface area (Å²) in [6.07, 6.45) is 1.66. The lowest BCUT2D eigenvalue weighted by atomic mass is 10.1. The summed E-state index contributed by atoms with van der Waals surface area (Å²) in [7, 11) is 1.58. The molecule has 1 heterocycles. The van der Waals surface area contributed by atoms with Gasteiger partial charge in [-0.1, -0.05) is 26.0 Å². The van der Waals surface area contributed by atoms with Crippen molar-refractivity contribution in [3.05, 3.63) is 59.4 Å². The number of fused-ring (bicyclic) bond motifs is 1. The van der Waals surface area contributed by atoms with Crippen LogP contribution in [0, 0.1) is 5.92 Å². The third-order valence-electron chi connectivity index (χ3n) is 3.72. The van der Waals surface area contributed by atoms with Crippen molar-refractivity contribution >= 4 is 17.8 Å². The average molecular weight is 338 g/mol. The fourth-order valence-electron chi connectivity index (χ4n) is 2.35. The van der Waals surface area contributed by atoms with E-state index in [1.807, 2.05) is 24.3 Å². The molecule has 0 atom stereocenters. The lowest BCUT2D eigenvalue weighted by Crippen LogP contribution is -2.14. The highest BCUT2D eigenvalue weighted by Crippen LogP contribution is 2.35. The normalized spacial score (nSPS) is 14.4. The lowest BCUT2D eigenvalue weighted by molar-refractivity contribution is -0.137. The van der Waals surface area contributed by atoms with Crippen molar-refractivity contribution in [3.63, 3.8) is 0 Å². The molecule has 0 saturated carbocycles. The van der Waals surface area contributed by atoms with E-state index in [0.717, 1.165) is 5.56 Å². The van der Waals surface area contributed by atoms with Crippen molar-refractivity contribution in [1.82, 2.24) is 0 Å². The maximum absolute atomic E-state index is 12.5. The molecule has 0 aromatic heterocycles. The standard InChI is InChI=1S/C20H18O5/c1-12(2)20(22)24-15-7-8-16-17(11-15)25-18(19(16)21)10-13-5-4-6-14(9-13)23-3/h4-12H,1-3H3. The van der Waals surface area contributed by atoms with E-state index in [4.69, 9.17) is 14.2 Å². The number of carbonyl (C=O) groups excluding carboxylic acids is 2. The minimum atomic E-state index is -0.337. The van der Waals surface area contributed by atoms with Gasteiger partial charge in [0.15, 0.2) is 5.76 Å². The summed E-state index contributed by atoms with van der Waals surface area (Å²) in [4.78, 5) is 24.2. The molecule has 2 aromatic rings. The van der Waals surface area contributed by atoms with Crippen LogP contribution in [0.2, 0.25) is 0 Å². The van der Waals surface area contributed by atoms with Gasteiger partial charge in [0, 0.05) is 6.07 Å². The molecule has 0 N–H and O–H groups in total. The van der Waals surface area contributed by atoms with Crippen molar-refractivity contribution in [2.45, 2.75) is 13.8 Å². The number of benzene rings is 2. The van der Waals surface area contributed by atoms with Gasteiger partial charge in [0.25, 0.3) is 0 Å². The Labute approximate surface area is 145 Å². The van der Waals surface area contributed by atoms with Crippen LogP contribution in [0.4, 0.5) is 0 Å². The van der Waals surface area contributed by atoms with Gasteiger partial charge in [-0.05, 0) is 35.9 Å². The Balaban J connectivity index is 1.85. The maximum atomic E-state index is 12.5. The monoisotopic (exact) mass is 338 g/mol. The molecule has 25 heavy (non-hydrogen) atoms. The third-order valence-corrected chi connectivity index (χ3v) is 3.72. The van der Waals surface area contributed by atoms with Crippen LogP contribution in [-0.4, -0.2) is 18.9 Å². The predicted molar refractivity (Wildman–Crippen MR) is 92.8 cm³/mol. The fraction of sp³-hybridized carbons (Fsp3) is 0.200. The van der Waals surface area contributed by atoms with E-state index in [2.05, 4.69) is 0 Å². The first-order valence-electron chi connectivity index (χ1n) is 7.92. The highest BCUT2D eigenvalue weighted by Gasteiger charge is 2.28. The molecule has 0 aliphatic carbocycles. The van der Waals surface area contributed by atoms with Gasteiger partial charge in [0.05, 0.1) is 18.6 Å². The summed E-state index contributed by atoms with van der Waals surface area (Å²) < 4.78 is 16.1. The van der Waals surface area contributed by atoms with E-state index in [9.17, 15) is 9.59 Å². The van der Waals surface area contributed by atoms with Gasteiger partial charge in [-0.15, -0.1) is 0 Å². The second-order valence-corrected chi connectivity index (χ2v) is 5.95. The molecular weight excluding hydrogens is 320 g/mol. The molecule has 5 nitrogen and oxygen atoms in total. The van der Waals surface area contributed by atoms with Crippen LogP contribution < -0.4 is 14.2 Å². The molecule has 2 aromatic carbocycles. The van der Waals surface area contributed by atoms with Crippen LogP contribution in [0.3, 0.4) is 0 Å².